The quantitative estimate of drug-likeness (QED) is 0.754. The van der Waals surface area contributed by atoms with Crippen LogP contribution in [0.25, 0.3) is 0 Å². The van der Waals surface area contributed by atoms with Gasteiger partial charge in [-0.3, -0.25) is 4.79 Å². The molecule has 20 heavy (non-hydrogen) atoms. The van der Waals surface area contributed by atoms with E-state index in [0.717, 1.165) is 13.1 Å². The second-order valence-corrected chi connectivity index (χ2v) is 5.74. The van der Waals surface area contributed by atoms with Crippen molar-refractivity contribution in [2.75, 3.05) is 25.0 Å². The molecule has 0 aromatic heterocycles. The number of amides is 1. The van der Waals surface area contributed by atoms with Gasteiger partial charge in [0.15, 0.2) is 0 Å². The minimum Gasteiger partial charge on any atom is -0.478 e. The van der Waals surface area contributed by atoms with Crippen LogP contribution in [0, 0.1) is 0 Å². The first-order valence-electron chi connectivity index (χ1n) is 6.07. The van der Waals surface area contributed by atoms with Gasteiger partial charge in [-0.25, -0.2) is 4.79 Å². The summed E-state index contributed by atoms with van der Waals surface area (Å²) in [7, 11) is 0. The van der Waals surface area contributed by atoms with E-state index in [1.54, 1.807) is 6.07 Å². The Morgan fingerprint density at radius 1 is 1.50 bits per heavy atom. The van der Waals surface area contributed by atoms with Crippen molar-refractivity contribution in [1.29, 1.82) is 0 Å². The summed E-state index contributed by atoms with van der Waals surface area (Å²) in [6, 6.07) is 4.44. The summed E-state index contributed by atoms with van der Waals surface area (Å²) in [5.41, 5.74) is 0.229. The molecule has 2 rings (SSSR count). The number of aromatic carboxylic acids is 1. The highest BCUT2D eigenvalue weighted by Gasteiger charge is 2.33. The van der Waals surface area contributed by atoms with E-state index in [0.29, 0.717) is 10.2 Å². The summed E-state index contributed by atoms with van der Waals surface area (Å²) < 4.78 is 6.13. The summed E-state index contributed by atoms with van der Waals surface area (Å²) in [6.45, 7) is 3.30. The highest BCUT2D eigenvalue weighted by atomic mass is 79.9. The van der Waals surface area contributed by atoms with Gasteiger partial charge in [-0.15, -0.1) is 0 Å². The van der Waals surface area contributed by atoms with E-state index in [4.69, 9.17) is 9.84 Å². The fourth-order valence-electron chi connectivity index (χ4n) is 1.76. The molecule has 1 aromatic carbocycles. The van der Waals surface area contributed by atoms with Crippen LogP contribution < -0.4 is 10.6 Å². The zero-order chi connectivity index (χ0) is 14.8. The van der Waals surface area contributed by atoms with Crippen LogP contribution in [0.2, 0.25) is 0 Å². The number of anilines is 1. The molecule has 6 nitrogen and oxygen atoms in total. The van der Waals surface area contributed by atoms with E-state index >= 15 is 0 Å². The Morgan fingerprint density at radius 3 is 2.75 bits per heavy atom. The average molecular weight is 343 g/mol. The predicted molar refractivity (Wildman–Crippen MR) is 77.0 cm³/mol. The van der Waals surface area contributed by atoms with E-state index in [9.17, 15) is 9.59 Å². The van der Waals surface area contributed by atoms with Crippen molar-refractivity contribution >= 4 is 33.5 Å². The molecule has 0 bridgehead atoms. The minimum atomic E-state index is -1.04. The van der Waals surface area contributed by atoms with E-state index in [2.05, 4.69) is 26.6 Å². The first-order chi connectivity index (χ1) is 9.39. The van der Waals surface area contributed by atoms with Gasteiger partial charge in [0.1, 0.15) is 6.61 Å². The predicted octanol–water partition coefficient (Wildman–Crippen LogP) is 1.46. The normalized spacial score (nSPS) is 16.3. The monoisotopic (exact) mass is 342 g/mol. The Kier molecular flexibility index (Phi) is 4.42. The van der Waals surface area contributed by atoms with Crippen LogP contribution in [-0.4, -0.2) is 42.3 Å². The van der Waals surface area contributed by atoms with Crippen molar-refractivity contribution in [3.63, 3.8) is 0 Å². The van der Waals surface area contributed by atoms with Gasteiger partial charge in [-0.05, 0) is 41.1 Å². The molecule has 0 saturated carbocycles. The number of ether oxygens (including phenoxy) is 1. The highest BCUT2D eigenvalue weighted by molar-refractivity contribution is 9.10. The SMILES string of the molecule is CC1(OCC(=O)Nc2cc(C(=O)O)ccc2Br)CNC1. The first kappa shape index (κ1) is 15.0. The number of carbonyl (C=O) groups excluding carboxylic acids is 1. The number of nitrogens with one attached hydrogen (secondary N) is 2. The van der Waals surface area contributed by atoms with E-state index < -0.39 is 5.97 Å². The number of carbonyl (C=O) groups is 2. The van der Waals surface area contributed by atoms with Crippen LogP contribution in [0.5, 0.6) is 0 Å². The van der Waals surface area contributed by atoms with Gasteiger partial charge in [0, 0.05) is 17.6 Å². The third kappa shape index (κ3) is 3.56. The third-order valence-electron chi connectivity index (χ3n) is 3.04. The van der Waals surface area contributed by atoms with Gasteiger partial charge >= 0.3 is 5.97 Å². The number of halogens is 1. The van der Waals surface area contributed by atoms with Gasteiger partial charge in [-0.1, -0.05) is 0 Å². The molecule has 0 unspecified atom stereocenters. The lowest BCUT2D eigenvalue weighted by Crippen LogP contribution is -2.59. The summed E-state index contributed by atoms with van der Waals surface area (Å²) in [5.74, 6) is -1.36. The second-order valence-electron chi connectivity index (χ2n) is 4.89. The number of rotatable bonds is 5. The maximum atomic E-state index is 11.8. The van der Waals surface area contributed by atoms with Crippen molar-refractivity contribution in [2.45, 2.75) is 12.5 Å². The van der Waals surface area contributed by atoms with Crippen molar-refractivity contribution in [2.24, 2.45) is 0 Å². The van der Waals surface area contributed by atoms with Crippen LogP contribution in [0.4, 0.5) is 5.69 Å². The molecule has 0 spiro atoms. The largest absolute Gasteiger partial charge is 0.478 e. The second kappa shape index (κ2) is 5.90. The molecule has 0 radical (unpaired) electrons. The van der Waals surface area contributed by atoms with Crippen LogP contribution in [0.1, 0.15) is 17.3 Å². The Labute approximate surface area is 124 Å². The Morgan fingerprint density at radius 2 is 2.20 bits per heavy atom. The summed E-state index contributed by atoms with van der Waals surface area (Å²) in [6.07, 6.45) is 0. The molecule has 1 aromatic rings. The van der Waals surface area contributed by atoms with E-state index in [1.807, 2.05) is 6.92 Å². The molecule has 1 amide bonds. The molecule has 0 atom stereocenters. The molecular weight excluding hydrogens is 328 g/mol. The zero-order valence-electron chi connectivity index (χ0n) is 10.9. The third-order valence-corrected chi connectivity index (χ3v) is 3.73. The van der Waals surface area contributed by atoms with Gasteiger partial charge in [0.2, 0.25) is 5.91 Å². The number of hydrogen-bond acceptors (Lipinski definition) is 4. The fourth-order valence-corrected chi connectivity index (χ4v) is 2.11. The van der Waals surface area contributed by atoms with Gasteiger partial charge in [0.05, 0.1) is 16.9 Å². The van der Waals surface area contributed by atoms with Crippen LogP contribution in [0.15, 0.2) is 22.7 Å². The fraction of sp³-hybridized carbons (Fsp3) is 0.385. The lowest BCUT2D eigenvalue weighted by atomic mass is 10.0. The standard InChI is InChI=1S/C13H15BrN2O4/c1-13(6-15-7-13)20-5-11(17)16-10-4-8(12(18)19)2-3-9(10)14/h2-4,15H,5-7H2,1H3,(H,16,17)(H,18,19). The number of benzene rings is 1. The lowest BCUT2D eigenvalue weighted by Gasteiger charge is -2.38. The van der Waals surface area contributed by atoms with Gasteiger partial charge < -0.3 is 20.5 Å². The van der Waals surface area contributed by atoms with Crippen LogP contribution in [0.3, 0.4) is 0 Å². The average Bonchev–Trinajstić information content (AvgIpc) is 2.36. The minimum absolute atomic E-state index is 0.0675. The maximum absolute atomic E-state index is 11.8. The molecule has 1 saturated heterocycles. The smallest absolute Gasteiger partial charge is 0.335 e. The van der Waals surface area contributed by atoms with Gasteiger partial charge in [-0.2, -0.15) is 0 Å². The topological polar surface area (TPSA) is 87.7 Å². The summed E-state index contributed by atoms with van der Waals surface area (Å²) in [4.78, 5) is 22.7. The summed E-state index contributed by atoms with van der Waals surface area (Å²) >= 11 is 3.27. The number of carboxylic acids is 1. The van der Waals surface area contributed by atoms with Crippen molar-refractivity contribution in [1.82, 2.24) is 5.32 Å². The van der Waals surface area contributed by atoms with Gasteiger partial charge in [0.25, 0.3) is 0 Å². The summed E-state index contributed by atoms with van der Waals surface area (Å²) in [5, 5.41) is 14.6. The molecule has 1 aliphatic heterocycles. The molecule has 3 N–H and O–H groups in total. The Balaban J connectivity index is 1.96. The van der Waals surface area contributed by atoms with Crippen molar-refractivity contribution in [3.05, 3.63) is 28.2 Å². The lowest BCUT2D eigenvalue weighted by molar-refractivity contribution is -0.130. The molecule has 1 fully saturated rings. The highest BCUT2D eigenvalue weighted by Crippen LogP contribution is 2.24. The molecule has 108 valence electrons. The number of hydrogen-bond donors (Lipinski definition) is 3. The maximum Gasteiger partial charge on any atom is 0.335 e. The van der Waals surface area contributed by atoms with E-state index in [1.165, 1.54) is 12.1 Å². The molecule has 7 heteroatoms. The molecule has 1 aliphatic rings. The zero-order valence-corrected chi connectivity index (χ0v) is 12.5. The first-order valence-corrected chi connectivity index (χ1v) is 6.86. The Bertz CT molecular complexity index is 543. The molecule has 0 aliphatic carbocycles. The molecular formula is C13H15BrN2O4. The van der Waals surface area contributed by atoms with E-state index in [-0.39, 0.29) is 23.7 Å². The van der Waals surface area contributed by atoms with Crippen LogP contribution >= 0.6 is 15.9 Å². The molecule has 1 heterocycles. The van der Waals surface area contributed by atoms with Crippen molar-refractivity contribution < 1.29 is 19.4 Å². The Hall–Kier alpha value is -1.44. The number of carboxylic acid groups (broad SMARTS) is 1. The van der Waals surface area contributed by atoms with Crippen LogP contribution in [-0.2, 0) is 9.53 Å². The van der Waals surface area contributed by atoms with Crippen molar-refractivity contribution in [3.8, 4) is 0 Å².